The highest BCUT2D eigenvalue weighted by atomic mass is 16.5. The first kappa shape index (κ1) is 10.6. The molecule has 2 N–H and O–H groups in total. The largest absolute Gasteiger partial charge is 0.497 e. The van der Waals surface area contributed by atoms with Crippen LogP contribution in [0.2, 0.25) is 0 Å². The van der Waals surface area contributed by atoms with Gasteiger partial charge in [-0.25, -0.2) is 0 Å². The van der Waals surface area contributed by atoms with Crippen molar-refractivity contribution in [2.75, 3.05) is 12.8 Å². The van der Waals surface area contributed by atoms with E-state index >= 15 is 0 Å². The smallest absolute Gasteiger partial charge is 0.120 e. The molecule has 0 aliphatic carbocycles. The molecule has 0 amide bonds. The van der Waals surface area contributed by atoms with Crippen molar-refractivity contribution in [3.05, 3.63) is 35.8 Å². The monoisotopic (exact) mass is 217 g/mol. The number of aryl methyl sites for hydroxylation is 2. The van der Waals surface area contributed by atoms with E-state index in [0.717, 1.165) is 28.4 Å². The average molecular weight is 217 g/mol. The maximum atomic E-state index is 5.99. The van der Waals surface area contributed by atoms with Crippen LogP contribution in [0.1, 0.15) is 11.5 Å². The second-order valence-corrected chi connectivity index (χ2v) is 3.78. The SMILES string of the molecule is COc1ccc(-c2cc(C)oc2C)c(N)c1. The molecule has 1 aromatic heterocycles. The lowest BCUT2D eigenvalue weighted by Crippen LogP contribution is -1.92. The Balaban J connectivity index is 2.52. The van der Waals surface area contributed by atoms with Gasteiger partial charge < -0.3 is 14.9 Å². The molecule has 0 saturated carbocycles. The summed E-state index contributed by atoms with van der Waals surface area (Å²) in [6, 6.07) is 7.66. The average Bonchev–Trinajstić information content (AvgIpc) is 2.57. The summed E-state index contributed by atoms with van der Waals surface area (Å²) in [6.07, 6.45) is 0. The Labute approximate surface area is 94.8 Å². The molecule has 0 aliphatic heterocycles. The predicted octanol–water partition coefficient (Wildman–Crippen LogP) is 3.15. The third kappa shape index (κ3) is 1.76. The van der Waals surface area contributed by atoms with E-state index in [9.17, 15) is 0 Å². The first-order valence-corrected chi connectivity index (χ1v) is 5.12. The van der Waals surface area contributed by atoms with Crippen molar-refractivity contribution < 1.29 is 9.15 Å². The molecule has 2 rings (SSSR count). The van der Waals surface area contributed by atoms with Crippen LogP contribution in [0.3, 0.4) is 0 Å². The first-order chi connectivity index (χ1) is 7.61. The fraction of sp³-hybridized carbons (Fsp3) is 0.231. The highest BCUT2D eigenvalue weighted by molar-refractivity contribution is 5.78. The number of furan rings is 1. The lowest BCUT2D eigenvalue weighted by molar-refractivity contribution is 0.415. The molecule has 0 aliphatic rings. The van der Waals surface area contributed by atoms with Crippen LogP contribution in [0.4, 0.5) is 5.69 Å². The minimum atomic E-state index is 0.697. The Morgan fingerprint density at radius 3 is 2.38 bits per heavy atom. The fourth-order valence-corrected chi connectivity index (χ4v) is 1.81. The van der Waals surface area contributed by atoms with E-state index in [0.29, 0.717) is 5.69 Å². The first-order valence-electron chi connectivity index (χ1n) is 5.12. The van der Waals surface area contributed by atoms with E-state index in [2.05, 4.69) is 0 Å². The van der Waals surface area contributed by atoms with Crippen molar-refractivity contribution in [2.45, 2.75) is 13.8 Å². The number of anilines is 1. The number of rotatable bonds is 2. The molecule has 0 saturated heterocycles. The Morgan fingerprint density at radius 1 is 1.12 bits per heavy atom. The minimum Gasteiger partial charge on any atom is -0.497 e. The molecule has 1 aromatic carbocycles. The van der Waals surface area contributed by atoms with Crippen LogP contribution in [0.15, 0.2) is 28.7 Å². The van der Waals surface area contributed by atoms with Crippen LogP contribution in [0.25, 0.3) is 11.1 Å². The molecule has 0 atom stereocenters. The zero-order chi connectivity index (χ0) is 11.7. The van der Waals surface area contributed by atoms with E-state index in [-0.39, 0.29) is 0 Å². The number of nitrogens with two attached hydrogens (primary N) is 1. The predicted molar refractivity (Wildman–Crippen MR) is 64.6 cm³/mol. The highest BCUT2D eigenvalue weighted by Crippen LogP contribution is 2.33. The van der Waals surface area contributed by atoms with E-state index < -0.39 is 0 Å². The zero-order valence-corrected chi connectivity index (χ0v) is 9.70. The van der Waals surface area contributed by atoms with Crippen molar-refractivity contribution in [3.63, 3.8) is 0 Å². The van der Waals surface area contributed by atoms with Crippen molar-refractivity contribution >= 4 is 5.69 Å². The normalized spacial score (nSPS) is 10.4. The molecule has 3 heteroatoms. The van der Waals surface area contributed by atoms with Crippen molar-refractivity contribution in [1.29, 1.82) is 0 Å². The Kier molecular flexibility index (Phi) is 2.60. The van der Waals surface area contributed by atoms with Gasteiger partial charge in [-0.1, -0.05) is 0 Å². The van der Waals surface area contributed by atoms with Gasteiger partial charge in [-0.05, 0) is 32.0 Å². The summed E-state index contributed by atoms with van der Waals surface area (Å²) >= 11 is 0. The second-order valence-electron chi connectivity index (χ2n) is 3.78. The van der Waals surface area contributed by atoms with Gasteiger partial charge in [-0.2, -0.15) is 0 Å². The lowest BCUT2D eigenvalue weighted by Gasteiger charge is -2.06. The standard InChI is InChI=1S/C13H15NO2/c1-8-6-12(9(2)16-8)11-5-4-10(15-3)7-13(11)14/h4-7H,14H2,1-3H3. The van der Waals surface area contributed by atoms with E-state index in [1.807, 2.05) is 38.1 Å². The van der Waals surface area contributed by atoms with Crippen LogP contribution in [-0.2, 0) is 0 Å². The quantitative estimate of drug-likeness (QED) is 0.786. The van der Waals surface area contributed by atoms with Crippen LogP contribution in [0.5, 0.6) is 5.75 Å². The number of methoxy groups -OCH3 is 1. The molecule has 3 nitrogen and oxygen atoms in total. The summed E-state index contributed by atoms with van der Waals surface area (Å²) in [5, 5.41) is 0. The Morgan fingerprint density at radius 2 is 1.88 bits per heavy atom. The maximum absolute atomic E-state index is 5.99. The van der Waals surface area contributed by atoms with Crippen molar-refractivity contribution in [1.82, 2.24) is 0 Å². The van der Waals surface area contributed by atoms with Gasteiger partial charge in [0.25, 0.3) is 0 Å². The molecular formula is C13H15NO2. The van der Waals surface area contributed by atoms with Crippen LogP contribution >= 0.6 is 0 Å². The summed E-state index contributed by atoms with van der Waals surface area (Å²) in [5.41, 5.74) is 8.70. The summed E-state index contributed by atoms with van der Waals surface area (Å²) in [7, 11) is 1.63. The number of hydrogen-bond donors (Lipinski definition) is 1. The summed E-state index contributed by atoms with van der Waals surface area (Å²) < 4.78 is 10.6. The third-order valence-electron chi connectivity index (χ3n) is 2.59. The van der Waals surface area contributed by atoms with Gasteiger partial charge in [-0.3, -0.25) is 0 Å². The highest BCUT2D eigenvalue weighted by Gasteiger charge is 2.10. The summed E-state index contributed by atoms with van der Waals surface area (Å²) in [6.45, 7) is 3.86. The van der Waals surface area contributed by atoms with Crippen molar-refractivity contribution in [2.24, 2.45) is 0 Å². The van der Waals surface area contributed by atoms with Crippen molar-refractivity contribution in [3.8, 4) is 16.9 Å². The molecule has 0 spiro atoms. The molecule has 16 heavy (non-hydrogen) atoms. The van der Waals surface area contributed by atoms with Gasteiger partial charge in [0.15, 0.2) is 0 Å². The van der Waals surface area contributed by atoms with Gasteiger partial charge in [0.1, 0.15) is 17.3 Å². The molecule has 0 radical (unpaired) electrons. The number of ether oxygens (including phenoxy) is 1. The number of hydrogen-bond acceptors (Lipinski definition) is 3. The van der Waals surface area contributed by atoms with Crippen LogP contribution < -0.4 is 10.5 Å². The van der Waals surface area contributed by atoms with Gasteiger partial charge in [0, 0.05) is 22.9 Å². The molecule has 84 valence electrons. The topological polar surface area (TPSA) is 48.4 Å². The van der Waals surface area contributed by atoms with Gasteiger partial charge in [0.05, 0.1) is 7.11 Å². The maximum Gasteiger partial charge on any atom is 0.120 e. The van der Waals surface area contributed by atoms with E-state index in [1.165, 1.54) is 0 Å². The molecule has 0 bridgehead atoms. The Hall–Kier alpha value is -1.90. The second kappa shape index (κ2) is 3.93. The van der Waals surface area contributed by atoms with Gasteiger partial charge in [-0.15, -0.1) is 0 Å². The summed E-state index contributed by atoms with van der Waals surface area (Å²) in [4.78, 5) is 0. The molecular weight excluding hydrogens is 202 g/mol. The molecule has 1 heterocycles. The summed E-state index contributed by atoms with van der Waals surface area (Å²) in [5.74, 6) is 2.54. The van der Waals surface area contributed by atoms with Gasteiger partial charge in [0.2, 0.25) is 0 Å². The lowest BCUT2D eigenvalue weighted by atomic mass is 10.0. The minimum absolute atomic E-state index is 0.697. The van der Waals surface area contributed by atoms with E-state index in [1.54, 1.807) is 7.11 Å². The fourth-order valence-electron chi connectivity index (χ4n) is 1.81. The van der Waals surface area contributed by atoms with E-state index in [4.69, 9.17) is 14.9 Å². The zero-order valence-electron chi connectivity index (χ0n) is 9.70. The van der Waals surface area contributed by atoms with Crippen LogP contribution in [-0.4, -0.2) is 7.11 Å². The molecule has 0 unspecified atom stereocenters. The number of nitrogen functional groups attached to an aromatic ring is 1. The Bertz CT molecular complexity index is 515. The third-order valence-corrected chi connectivity index (χ3v) is 2.59. The number of benzene rings is 1. The molecule has 2 aromatic rings. The van der Waals surface area contributed by atoms with Gasteiger partial charge >= 0.3 is 0 Å². The molecule has 0 fully saturated rings. The van der Waals surface area contributed by atoms with Crippen LogP contribution in [0, 0.1) is 13.8 Å².